The lowest BCUT2D eigenvalue weighted by Gasteiger charge is -2.29. The van der Waals surface area contributed by atoms with Crippen molar-refractivity contribution in [3.05, 3.63) is 35.3 Å². The van der Waals surface area contributed by atoms with Crippen LogP contribution in [0, 0.1) is 0 Å². The maximum atomic E-state index is 12.2. The molecule has 2 amide bonds. The summed E-state index contributed by atoms with van der Waals surface area (Å²) in [6.07, 6.45) is 1.94. The molecular weight excluding hydrogens is 330 g/mol. The summed E-state index contributed by atoms with van der Waals surface area (Å²) >= 11 is 1.29. The predicted molar refractivity (Wildman–Crippen MR) is 89.7 cm³/mol. The van der Waals surface area contributed by atoms with Gasteiger partial charge in [-0.25, -0.2) is 4.98 Å². The van der Waals surface area contributed by atoms with Crippen molar-refractivity contribution in [2.24, 2.45) is 0 Å². The van der Waals surface area contributed by atoms with Crippen molar-refractivity contribution in [3.63, 3.8) is 0 Å². The summed E-state index contributed by atoms with van der Waals surface area (Å²) in [5, 5.41) is 4.85. The minimum absolute atomic E-state index is 0.0389. The zero-order valence-electron chi connectivity index (χ0n) is 12.9. The van der Waals surface area contributed by atoms with Crippen LogP contribution in [0.3, 0.4) is 0 Å². The molecule has 0 saturated heterocycles. The van der Waals surface area contributed by atoms with Crippen LogP contribution < -0.4 is 15.0 Å². The first-order valence-corrected chi connectivity index (χ1v) is 8.26. The van der Waals surface area contributed by atoms with E-state index in [0.29, 0.717) is 28.6 Å². The molecule has 24 heavy (non-hydrogen) atoms. The van der Waals surface area contributed by atoms with Crippen LogP contribution in [0.2, 0.25) is 0 Å². The first-order chi connectivity index (χ1) is 11.6. The molecule has 1 N–H and O–H groups in total. The SMILES string of the molecule is CCC(=O)c1ccc2c(c1)N(CC(=O)Nc1nccs1)C(=O)CO2. The molecule has 1 aromatic heterocycles. The van der Waals surface area contributed by atoms with E-state index in [4.69, 9.17) is 4.74 Å². The first-order valence-electron chi connectivity index (χ1n) is 7.38. The van der Waals surface area contributed by atoms with E-state index in [1.807, 2.05) is 0 Å². The number of thiazole rings is 1. The number of nitrogens with zero attached hydrogens (tertiary/aromatic N) is 2. The van der Waals surface area contributed by atoms with E-state index in [0.717, 1.165) is 0 Å². The van der Waals surface area contributed by atoms with Gasteiger partial charge >= 0.3 is 0 Å². The van der Waals surface area contributed by atoms with Crippen molar-refractivity contribution in [2.45, 2.75) is 13.3 Å². The van der Waals surface area contributed by atoms with Crippen molar-refractivity contribution in [1.82, 2.24) is 4.98 Å². The summed E-state index contributed by atoms with van der Waals surface area (Å²) < 4.78 is 5.38. The minimum Gasteiger partial charge on any atom is -0.482 e. The number of benzene rings is 1. The van der Waals surface area contributed by atoms with Gasteiger partial charge in [-0.2, -0.15) is 0 Å². The van der Waals surface area contributed by atoms with E-state index < -0.39 is 0 Å². The van der Waals surface area contributed by atoms with E-state index in [1.54, 1.807) is 36.7 Å². The first kappa shape index (κ1) is 16.1. The van der Waals surface area contributed by atoms with Gasteiger partial charge in [0.25, 0.3) is 5.91 Å². The van der Waals surface area contributed by atoms with Gasteiger partial charge in [-0.3, -0.25) is 19.3 Å². The van der Waals surface area contributed by atoms with E-state index in [9.17, 15) is 14.4 Å². The number of fused-ring (bicyclic) bond motifs is 1. The van der Waals surface area contributed by atoms with Crippen molar-refractivity contribution < 1.29 is 19.1 Å². The third kappa shape index (κ3) is 3.28. The highest BCUT2D eigenvalue weighted by molar-refractivity contribution is 7.13. The molecule has 0 saturated carbocycles. The molecule has 0 radical (unpaired) electrons. The van der Waals surface area contributed by atoms with Gasteiger partial charge in [-0.15, -0.1) is 11.3 Å². The highest BCUT2D eigenvalue weighted by Gasteiger charge is 2.28. The predicted octanol–water partition coefficient (Wildman–Crippen LogP) is 2.10. The van der Waals surface area contributed by atoms with Gasteiger partial charge < -0.3 is 10.1 Å². The number of anilines is 2. The summed E-state index contributed by atoms with van der Waals surface area (Å²) in [4.78, 5) is 41.5. The lowest BCUT2D eigenvalue weighted by Crippen LogP contribution is -2.43. The summed E-state index contributed by atoms with van der Waals surface area (Å²) in [6.45, 7) is 1.46. The average molecular weight is 345 g/mol. The van der Waals surface area contributed by atoms with Crippen LogP contribution in [0.1, 0.15) is 23.7 Å². The normalized spacial score (nSPS) is 13.2. The van der Waals surface area contributed by atoms with E-state index in [2.05, 4.69) is 10.3 Å². The van der Waals surface area contributed by atoms with E-state index >= 15 is 0 Å². The molecule has 3 rings (SSSR count). The number of hydrogen-bond acceptors (Lipinski definition) is 6. The van der Waals surface area contributed by atoms with Crippen LogP contribution in [0.25, 0.3) is 0 Å². The number of carbonyl (C=O) groups excluding carboxylic acids is 3. The van der Waals surface area contributed by atoms with Gasteiger partial charge in [-0.05, 0) is 18.2 Å². The Labute approximate surface area is 142 Å². The van der Waals surface area contributed by atoms with Crippen LogP contribution >= 0.6 is 11.3 Å². The monoisotopic (exact) mass is 345 g/mol. The van der Waals surface area contributed by atoms with Crippen LogP contribution in [0.15, 0.2) is 29.8 Å². The molecule has 0 fully saturated rings. The Kier molecular flexibility index (Phi) is 4.57. The van der Waals surface area contributed by atoms with Crippen LogP contribution in [-0.4, -0.2) is 35.7 Å². The summed E-state index contributed by atoms with van der Waals surface area (Å²) in [6, 6.07) is 4.90. The van der Waals surface area contributed by atoms with E-state index in [1.165, 1.54) is 16.2 Å². The summed E-state index contributed by atoms with van der Waals surface area (Å²) in [5.74, 6) is -0.261. The van der Waals surface area contributed by atoms with Gasteiger partial charge in [0, 0.05) is 23.6 Å². The third-order valence-electron chi connectivity index (χ3n) is 3.53. The average Bonchev–Trinajstić information content (AvgIpc) is 3.09. The number of aromatic nitrogens is 1. The number of hydrogen-bond donors (Lipinski definition) is 1. The lowest BCUT2D eigenvalue weighted by molar-refractivity contribution is -0.123. The number of carbonyl (C=O) groups is 3. The fourth-order valence-electron chi connectivity index (χ4n) is 2.34. The second-order valence-electron chi connectivity index (χ2n) is 5.11. The Balaban J connectivity index is 1.84. The molecule has 0 aliphatic carbocycles. The number of nitrogens with one attached hydrogen (secondary N) is 1. The molecule has 0 bridgehead atoms. The van der Waals surface area contributed by atoms with Gasteiger partial charge in [0.15, 0.2) is 17.5 Å². The summed E-state index contributed by atoms with van der Waals surface area (Å²) in [5.41, 5.74) is 0.916. The number of rotatable bonds is 5. The highest BCUT2D eigenvalue weighted by atomic mass is 32.1. The maximum Gasteiger partial charge on any atom is 0.265 e. The Morgan fingerprint density at radius 2 is 2.25 bits per heavy atom. The number of amides is 2. The number of ketones is 1. The second kappa shape index (κ2) is 6.79. The van der Waals surface area contributed by atoms with Crippen LogP contribution in [-0.2, 0) is 9.59 Å². The molecule has 0 unspecified atom stereocenters. The van der Waals surface area contributed by atoms with Crippen molar-refractivity contribution in [2.75, 3.05) is 23.4 Å². The molecule has 2 heterocycles. The fourth-order valence-corrected chi connectivity index (χ4v) is 2.89. The zero-order valence-corrected chi connectivity index (χ0v) is 13.8. The van der Waals surface area contributed by atoms with Crippen LogP contribution in [0.5, 0.6) is 5.75 Å². The maximum absolute atomic E-state index is 12.2. The number of Topliss-reactive ketones (excluding diaryl/α,β-unsaturated/α-hetero) is 1. The molecule has 7 nitrogen and oxygen atoms in total. The van der Waals surface area contributed by atoms with Crippen molar-refractivity contribution >= 4 is 39.8 Å². The van der Waals surface area contributed by atoms with Gasteiger partial charge in [-0.1, -0.05) is 6.92 Å². The Morgan fingerprint density at radius 3 is 2.96 bits per heavy atom. The standard InChI is InChI=1S/C16H15N3O4S/c1-2-12(20)10-3-4-13-11(7-10)19(15(22)9-23-13)8-14(21)18-16-17-5-6-24-16/h3-7H,2,8-9H2,1H3,(H,17,18,21). The van der Waals surface area contributed by atoms with Gasteiger partial charge in [0.05, 0.1) is 5.69 Å². The van der Waals surface area contributed by atoms with Crippen molar-refractivity contribution in [3.8, 4) is 5.75 Å². The Morgan fingerprint density at radius 1 is 1.42 bits per heavy atom. The lowest BCUT2D eigenvalue weighted by atomic mass is 10.1. The zero-order chi connectivity index (χ0) is 17.1. The van der Waals surface area contributed by atoms with Crippen LogP contribution in [0.4, 0.5) is 10.8 Å². The highest BCUT2D eigenvalue weighted by Crippen LogP contribution is 2.33. The quantitative estimate of drug-likeness (QED) is 0.839. The largest absolute Gasteiger partial charge is 0.482 e. The molecule has 124 valence electrons. The molecule has 2 aromatic rings. The topological polar surface area (TPSA) is 88.6 Å². The second-order valence-corrected chi connectivity index (χ2v) is 6.01. The smallest absolute Gasteiger partial charge is 0.265 e. The molecule has 1 aliphatic heterocycles. The fraction of sp³-hybridized carbons (Fsp3) is 0.250. The molecule has 0 spiro atoms. The van der Waals surface area contributed by atoms with Crippen molar-refractivity contribution in [1.29, 1.82) is 0 Å². The molecule has 1 aromatic carbocycles. The van der Waals surface area contributed by atoms with Gasteiger partial charge in [0.1, 0.15) is 12.3 Å². The molecule has 1 aliphatic rings. The van der Waals surface area contributed by atoms with E-state index in [-0.39, 0.29) is 30.7 Å². The number of ether oxygens (including phenoxy) is 1. The molecule has 0 atom stereocenters. The summed E-state index contributed by atoms with van der Waals surface area (Å²) in [7, 11) is 0. The van der Waals surface area contributed by atoms with Gasteiger partial charge in [0.2, 0.25) is 5.91 Å². The molecular formula is C16H15N3O4S. The third-order valence-corrected chi connectivity index (χ3v) is 4.21. The minimum atomic E-state index is -0.363. The Bertz CT molecular complexity index is 789. The molecule has 8 heteroatoms. The Hall–Kier alpha value is -2.74.